The second-order valence-corrected chi connectivity index (χ2v) is 6.38. The van der Waals surface area contributed by atoms with Crippen molar-refractivity contribution < 1.29 is 4.79 Å². The van der Waals surface area contributed by atoms with E-state index in [1.54, 1.807) is 17.1 Å². The maximum atomic E-state index is 12.9. The van der Waals surface area contributed by atoms with E-state index in [1.807, 2.05) is 48.2 Å². The monoisotopic (exact) mass is 337 g/mol. The van der Waals surface area contributed by atoms with Gasteiger partial charge < -0.3 is 4.90 Å². The molecule has 0 aliphatic carbocycles. The van der Waals surface area contributed by atoms with Crippen LogP contribution in [0.2, 0.25) is 5.02 Å². The molecule has 0 radical (unpaired) electrons. The Balaban J connectivity index is 1.66. The number of anilines is 1. The molecule has 0 atom stereocenters. The van der Waals surface area contributed by atoms with Crippen molar-refractivity contribution in [3.63, 3.8) is 0 Å². The van der Waals surface area contributed by atoms with Crippen LogP contribution in [0.15, 0.2) is 54.9 Å². The van der Waals surface area contributed by atoms with E-state index in [4.69, 9.17) is 11.6 Å². The first-order valence-electron chi connectivity index (χ1n) is 7.84. The number of nitrogens with zero attached hydrogens (tertiary/aromatic N) is 3. The zero-order valence-corrected chi connectivity index (χ0v) is 14.0. The van der Waals surface area contributed by atoms with Crippen LogP contribution < -0.4 is 4.90 Å². The molecule has 5 heteroatoms. The van der Waals surface area contributed by atoms with E-state index in [0.717, 1.165) is 23.4 Å². The van der Waals surface area contributed by atoms with Gasteiger partial charge in [0.1, 0.15) is 0 Å². The molecular weight excluding hydrogens is 322 g/mol. The van der Waals surface area contributed by atoms with Gasteiger partial charge in [-0.1, -0.05) is 35.9 Å². The standard InChI is InChI=1S/C19H16ClN3O/c1-13-4-2-5-14-8-9-22(18(13)14)19(24)15-11-21-23(12-15)17-7-3-6-16(20)10-17/h2-7,10-12H,8-9H2,1H3. The highest BCUT2D eigenvalue weighted by molar-refractivity contribution is 6.30. The number of aromatic nitrogens is 2. The van der Waals surface area contributed by atoms with Crippen molar-refractivity contribution >= 4 is 23.2 Å². The third-order valence-electron chi connectivity index (χ3n) is 4.34. The summed E-state index contributed by atoms with van der Waals surface area (Å²) in [5.74, 6) is -0.0173. The fraction of sp³-hybridized carbons (Fsp3) is 0.158. The largest absolute Gasteiger partial charge is 0.307 e. The van der Waals surface area contributed by atoms with E-state index in [0.29, 0.717) is 17.1 Å². The molecule has 0 bridgehead atoms. The smallest absolute Gasteiger partial charge is 0.261 e. The van der Waals surface area contributed by atoms with E-state index < -0.39 is 0 Å². The van der Waals surface area contributed by atoms with Crippen LogP contribution >= 0.6 is 11.6 Å². The van der Waals surface area contributed by atoms with Gasteiger partial charge in [0.25, 0.3) is 5.91 Å². The molecule has 0 spiro atoms. The lowest BCUT2D eigenvalue weighted by Gasteiger charge is -2.18. The Hall–Kier alpha value is -2.59. The Morgan fingerprint density at radius 1 is 1.21 bits per heavy atom. The van der Waals surface area contributed by atoms with Crippen molar-refractivity contribution in [3.05, 3.63) is 76.6 Å². The normalized spacial score (nSPS) is 13.2. The van der Waals surface area contributed by atoms with Gasteiger partial charge in [-0.25, -0.2) is 4.68 Å². The molecule has 1 aliphatic rings. The summed E-state index contributed by atoms with van der Waals surface area (Å²) >= 11 is 6.03. The van der Waals surface area contributed by atoms with Crippen LogP contribution in [-0.2, 0) is 6.42 Å². The molecule has 120 valence electrons. The van der Waals surface area contributed by atoms with Crippen LogP contribution in [0.25, 0.3) is 5.69 Å². The minimum atomic E-state index is -0.0173. The Morgan fingerprint density at radius 3 is 2.88 bits per heavy atom. The summed E-state index contributed by atoms with van der Waals surface area (Å²) in [5.41, 5.74) is 4.80. The number of hydrogen-bond donors (Lipinski definition) is 0. The number of halogens is 1. The molecular formula is C19H16ClN3O. The van der Waals surface area contributed by atoms with E-state index >= 15 is 0 Å². The highest BCUT2D eigenvalue weighted by atomic mass is 35.5. The topological polar surface area (TPSA) is 38.1 Å². The number of hydrogen-bond acceptors (Lipinski definition) is 2. The van der Waals surface area contributed by atoms with Crippen LogP contribution in [0.4, 0.5) is 5.69 Å². The number of benzene rings is 2. The molecule has 1 amide bonds. The highest BCUT2D eigenvalue weighted by Gasteiger charge is 2.27. The van der Waals surface area contributed by atoms with Gasteiger partial charge in [-0.15, -0.1) is 0 Å². The number of rotatable bonds is 2. The molecule has 3 aromatic rings. The summed E-state index contributed by atoms with van der Waals surface area (Å²) in [5, 5.41) is 4.95. The Labute approximate surface area is 145 Å². The number of fused-ring (bicyclic) bond motifs is 1. The summed E-state index contributed by atoms with van der Waals surface area (Å²) in [6, 6.07) is 13.6. The zero-order valence-electron chi connectivity index (χ0n) is 13.2. The SMILES string of the molecule is Cc1cccc2c1N(C(=O)c1cnn(-c3cccc(Cl)c3)c1)CC2. The fourth-order valence-electron chi connectivity index (χ4n) is 3.20. The summed E-state index contributed by atoms with van der Waals surface area (Å²) in [7, 11) is 0. The highest BCUT2D eigenvalue weighted by Crippen LogP contribution is 2.32. The summed E-state index contributed by atoms with van der Waals surface area (Å²) in [6.07, 6.45) is 4.26. The zero-order chi connectivity index (χ0) is 16.7. The average molecular weight is 338 g/mol. The number of aryl methyl sites for hydroxylation is 1. The maximum absolute atomic E-state index is 12.9. The van der Waals surface area contributed by atoms with E-state index in [9.17, 15) is 4.79 Å². The van der Waals surface area contributed by atoms with Crippen molar-refractivity contribution in [1.82, 2.24) is 9.78 Å². The summed E-state index contributed by atoms with van der Waals surface area (Å²) < 4.78 is 1.67. The Morgan fingerprint density at radius 2 is 2.04 bits per heavy atom. The molecule has 0 unspecified atom stereocenters. The number of amides is 1. The molecule has 2 heterocycles. The quantitative estimate of drug-likeness (QED) is 0.708. The first kappa shape index (κ1) is 15.0. The molecule has 1 aliphatic heterocycles. The van der Waals surface area contributed by atoms with Crippen molar-refractivity contribution in [2.75, 3.05) is 11.4 Å². The van der Waals surface area contributed by atoms with Gasteiger partial charge in [0.15, 0.2) is 0 Å². The Bertz CT molecular complexity index is 932. The van der Waals surface area contributed by atoms with Crippen LogP contribution in [-0.4, -0.2) is 22.2 Å². The van der Waals surface area contributed by atoms with Crippen LogP contribution in [0.5, 0.6) is 0 Å². The van der Waals surface area contributed by atoms with E-state index in [-0.39, 0.29) is 5.91 Å². The van der Waals surface area contributed by atoms with E-state index in [1.165, 1.54) is 5.56 Å². The van der Waals surface area contributed by atoms with Gasteiger partial charge in [-0.2, -0.15) is 5.10 Å². The predicted molar refractivity (Wildman–Crippen MR) is 95.1 cm³/mol. The molecule has 2 aromatic carbocycles. The van der Waals surface area contributed by atoms with Gasteiger partial charge >= 0.3 is 0 Å². The molecule has 0 saturated carbocycles. The van der Waals surface area contributed by atoms with Crippen molar-refractivity contribution in [3.8, 4) is 5.69 Å². The summed E-state index contributed by atoms with van der Waals surface area (Å²) in [4.78, 5) is 14.8. The number of para-hydroxylation sites is 1. The second-order valence-electron chi connectivity index (χ2n) is 5.94. The first-order valence-corrected chi connectivity index (χ1v) is 8.22. The molecule has 0 fully saturated rings. The van der Waals surface area contributed by atoms with Crippen molar-refractivity contribution in [1.29, 1.82) is 0 Å². The summed E-state index contributed by atoms with van der Waals surface area (Å²) in [6.45, 7) is 2.75. The molecule has 24 heavy (non-hydrogen) atoms. The third-order valence-corrected chi connectivity index (χ3v) is 4.58. The van der Waals surface area contributed by atoms with Gasteiger partial charge in [-0.05, 0) is 42.7 Å². The van der Waals surface area contributed by atoms with Crippen LogP contribution in [0.3, 0.4) is 0 Å². The minimum absolute atomic E-state index is 0.0173. The lowest BCUT2D eigenvalue weighted by atomic mass is 10.1. The van der Waals surface area contributed by atoms with Gasteiger partial charge in [0.05, 0.1) is 23.1 Å². The molecule has 1 aromatic heterocycles. The third kappa shape index (κ3) is 2.49. The molecule has 0 saturated heterocycles. The van der Waals surface area contributed by atoms with Crippen molar-refractivity contribution in [2.24, 2.45) is 0 Å². The average Bonchev–Trinajstić information content (AvgIpc) is 3.22. The van der Waals surface area contributed by atoms with Gasteiger partial charge in [-0.3, -0.25) is 4.79 Å². The lowest BCUT2D eigenvalue weighted by Crippen LogP contribution is -2.29. The van der Waals surface area contributed by atoms with Gasteiger partial charge in [0.2, 0.25) is 0 Å². The minimum Gasteiger partial charge on any atom is -0.307 e. The number of carbonyl (C=O) groups excluding carboxylic acids is 1. The van der Waals surface area contributed by atoms with Crippen LogP contribution in [0, 0.1) is 6.92 Å². The van der Waals surface area contributed by atoms with Gasteiger partial charge in [0, 0.05) is 17.8 Å². The Kier molecular flexibility index (Phi) is 3.62. The lowest BCUT2D eigenvalue weighted by molar-refractivity contribution is 0.0989. The molecule has 4 nitrogen and oxygen atoms in total. The van der Waals surface area contributed by atoms with Crippen molar-refractivity contribution in [2.45, 2.75) is 13.3 Å². The maximum Gasteiger partial charge on any atom is 0.261 e. The first-order chi connectivity index (χ1) is 11.6. The molecule has 0 N–H and O–H groups in total. The van der Waals surface area contributed by atoms with Crippen LogP contribution in [0.1, 0.15) is 21.5 Å². The predicted octanol–water partition coefficient (Wildman–Crippen LogP) is 4.04. The van der Waals surface area contributed by atoms with E-state index in [2.05, 4.69) is 11.2 Å². The fourth-order valence-corrected chi connectivity index (χ4v) is 3.39. The second kappa shape index (κ2) is 5.80. The number of carbonyl (C=O) groups is 1. The molecule has 4 rings (SSSR count).